The first kappa shape index (κ1) is 17.3. The Kier molecular flexibility index (Phi) is 4.41. The first-order chi connectivity index (χ1) is 11.8. The van der Waals surface area contributed by atoms with Crippen LogP contribution in [0, 0.1) is 5.95 Å². The summed E-state index contributed by atoms with van der Waals surface area (Å²) in [7, 11) is 0. The summed E-state index contributed by atoms with van der Waals surface area (Å²) in [5, 5.41) is 3.84. The van der Waals surface area contributed by atoms with Crippen LogP contribution in [0.25, 0.3) is 16.8 Å². The molecule has 2 nitrogen and oxygen atoms in total. The van der Waals surface area contributed by atoms with Crippen LogP contribution in [-0.4, -0.2) is 9.78 Å². The van der Waals surface area contributed by atoms with Crippen LogP contribution in [0.5, 0.6) is 0 Å². The predicted octanol–water partition coefficient (Wildman–Crippen LogP) is 5.91. The van der Waals surface area contributed by atoms with E-state index in [4.69, 9.17) is 0 Å². The van der Waals surface area contributed by atoms with Crippen LogP contribution in [0.2, 0.25) is 0 Å². The first-order valence-electron chi connectivity index (χ1n) is 8.02. The molecular weight excluding hydrogens is 325 g/mol. The van der Waals surface area contributed by atoms with E-state index >= 15 is 0 Å². The summed E-state index contributed by atoms with van der Waals surface area (Å²) in [6.07, 6.45) is -2.86. The second-order valence-electron chi connectivity index (χ2n) is 6.93. The van der Waals surface area contributed by atoms with E-state index in [0.717, 1.165) is 10.2 Å². The molecule has 130 valence electrons. The molecule has 0 saturated carbocycles. The minimum Gasteiger partial charge on any atom is -0.206 e. The van der Waals surface area contributed by atoms with E-state index in [2.05, 4.69) is 25.9 Å². The molecule has 3 rings (SSSR count). The van der Waals surface area contributed by atoms with Crippen molar-refractivity contribution in [2.45, 2.75) is 32.6 Å². The zero-order valence-corrected chi connectivity index (χ0v) is 14.3. The summed E-state index contributed by atoms with van der Waals surface area (Å²) in [6.45, 7) is 6.21. The SMILES string of the molecule is CC(C)(C)c1ccc(-n2nc(C(F)F)c(-c3ccccc3)c2F)cc1. The van der Waals surface area contributed by atoms with Gasteiger partial charge in [0, 0.05) is 0 Å². The molecule has 0 fully saturated rings. The highest BCUT2D eigenvalue weighted by molar-refractivity contribution is 5.67. The van der Waals surface area contributed by atoms with E-state index in [-0.39, 0.29) is 11.0 Å². The summed E-state index contributed by atoms with van der Waals surface area (Å²) in [5.41, 5.74) is 1.10. The lowest BCUT2D eigenvalue weighted by molar-refractivity contribution is 0.146. The van der Waals surface area contributed by atoms with Crippen molar-refractivity contribution in [3.63, 3.8) is 0 Å². The molecule has 0 bridgehead atoms. The molecule has 0 N–H and O–H groups in total. The average molecular weight is 344 g/mol. The molecule has 3 aromatic rings. The number of hydrogen-bond acceptors (Lipinski definition) is 1. The Morgan fingerprint density at radius 1 is 0.920 bits per heavy atom. The van der Waals surface area contributed by atoms with Gasteiger partial charge in [-0.05, 0) is 28.7 Å². The number of hydrogen-bond donors (Lipinski definition) is 0. The second-order valence-corrected chi connectivity index (χ2v) is 6.93. The maximum atomic E-state index is 14.9. The van der Waals surface area contributed by atoms with Gasteiger partial charge in [-0.15, -0.1) is 0 Å². The summed E-state index contributed by atoms with van der Waals surface area (Å²) in [5.74, 6) is -0.787. The van der Waals surface area contributed by atoms with Crippen LogP contribution in [0.1, 0.15) is 38.5 Å². The molecule has 0 atom stereocenters. The Hall–Kier alpha value is -2.56. The number of aromatic nitrogens is 2. The van der Waals surface area contributed by atoms with Gasteiger partial charge in [-0.3, -0.25) is 0 Å². The largest absolute Gasteiger partial charge is 0.282 e. The Bertz CT molecular complexity index is 860. The van der Waals surface area contributed by atoms with Crippen LogP contribution in [0.3, 0.4) is 0 Å². The van der Waals surface area contributed by atoms with E-state index in [0.29, 0.717) is 11.3 Å². The van der Waals surface area contributed by atoms with Crippen LogP contribution in [0.4, 0.5) is 13.2 Å². The predicted molar refractivity (Wildman–Crippen MR) is 92.6 cm³/mol. The zero-order chi connectivity index (χ0) is 18.2. The van der Waals surface area contributed by atoms with E-state index < -0.39 is 18.1 Å². The minimum atomic E-state index is -2.86. The molecule has 0 saturated heterocycles. The second kappa shape index (κ2) is 6.39. The number of nitrogens with zero attached hydrogens (tertiary/aromatic N) is 2. The van der Waals surface area contributed by atoms with E-state index in [1.165, 1.54) is 0 Å². The minimum absolute atomic E-state index is 0.0511. The van der Waals surface area contributed by atoms with Crippen molar-refractivity contribution in [3.8, 4) is 16.8 Å². The Morgan fingerprint density at radius 3 is 2.04 bits per heavy atom. The van der Waals surface area contributed by atoms with Gasteiger partial charge >= 0.3 is 0 Å². The van der Waals surface area contributed by atoms with E-state index in [9.17, 15) is 13.2 Å². The molecule has 0 aliphatic rings. The Balaban J connectivity index is 2.12. The highest BCUT2D eigenvalue weighted by atomic mass is 19.3. The molecule has 0 aliphatic carbocycles. The van der Waals surface area contributed by atoms with Gasteiger partial charge in [0.1, 0.15) is 5.69 Å². The third kappa shape index (κ3) is 3.31. The van der Waals surface area contributed by atoms with Gasteiger partial charge in [0.2, 0.25) is 5.95 Å². The molecule has 0 amide bonds. The fraction of sp³-hybridized carbons (Fsp3) is 0.250. The van der Waals surface area contributed by atoms with Crippen molar-refractivity contribution >= 4 is 0 Å². The Labute approximate surface area is 144 Å². The Morgan fingerprint density at radius 2 is 1.52 bits per heavy atom. The lowest BCUT2D eigenvalue weighted by Crippen LogP contribution is -2.11. The monoisotopic (exact) mass is 344 g/mol. The standard InChI is InChI=1S/C20H19F3N2/c1-20(2,3)14-9-11-15(12-10-14)25-19(23)16(17(24-25)18(21)22)13-7-5-4-6-8-13/h4-12,18H,1-3H3. The van der Waals surface area contributed by atoms with Crippen molar-refractivity contribution in [2.75, 3.05) is 0 Å². The summed E-state index contributed by atoms with van der Waals surface area (Å²) >= 11 is 0. The number of rotatable bonds is 3. The van der Waals surface area contributed by atoms with Crippen LogP contribution >= 0.6 is 0 Å². The van der Waals surface area contributed by atoms with E-state index in [1.807, 2.05) is 12.1 Å². The van der Waals surface area contributed by atoms with Crippen molar-refractivity contribution in [1.29, 1.82) is 0 Å². The lowest BCUT2D eigenvalue weighted by atomic mass is 9.87. The van der Waals surface area contributed by atoms with Gasteiger partial charge in [-0.2, -0.15) is 9.49 Å². The molecular formula is C20H19F3N2. The van der Waals surface area contributed by atoms with Crippen LogP contribution in [0.15, 0.2) is 54.6 Å². The smallest absolute Gasteiger partial charge is 0.206 e. The summed E-state index contributed by atoms with van der Waals surface area (Å²) in [6, 6.07) is 15.4. The highest BCUT2D eigenvalue weighted by Gasteiger charge is 2.26. The number of halogens is 3. The van der Waals surface area contributed by atoms with Crippen molar-refractivity contribution in [3.05, 3.63) is 71.8 Å². The van der Waals surface area contributed by atoms with Crippen molar-refractivity contribution in [2.24, 2.45) is 0 Å². The molecule has 0 spiro atoms. The number of alkyl halides is 2. The van der Waals surface area contributed by atoms with E-state index in [1.54, 1.807) is 42.5 Å². The molecule has 1 heterocycles. The normalized spacial score (nSPS) is 12.0. The van der Waals surface area contributed by atoms with Gasteiger partial charge < -0.3 is 0 Å². The van der Waals surface area contributed by atoms with Crippen LogP contribution < -0.4 is 0 Å². The summed E-state index contributed by atoms with van der Waals surface area (Å²) < 4.78 is 42.7. The molecule has 1 aromatic heterocycles. The molecule has 0 radical (unpaired) electrons. The van der Waals surface area contributed by atoms with Gasteiger partial charge in [0.05, 0.1) is 11.3 Å². The molecule has 25 heavy (non-hydrogen) atoms. The fourth-order valence-corrected chi connectivity index (χ4v) is 2.71. The maximum Gasteiger partial charge on any atom is 0.282 e. The zero-order valence-electron chi connectivity index (χ0n) is 14.3. The topological polar surface area (TPSA) is 17.8 Å². The van der Waals surface area contributed by atoms with Gasteiger partial charge in [-0.1, -0.05) is 63.2 Å². The molecule has 5 heteroatoms. The highest BCUT2D eigenvalue weighted by Crippen LogP contribution is 2.34. The van der Waals surface area contributed by atoms with Gasteiger partial charge in [0.25, 0.3) is 6.43 Å². The van der Waals surface area contributed by atoms with Crippen molar-refractivity contribution in [1.82, 2.24) is 9.78 Å². The fourth-order valence-electron chi connectivity index (χ4n) is 2.71. The third-order valence-corrected chi connectivity index (χ3v) is 4.10. The maximum absolute atomic E-state index is 14.9. The van der Waals surface area contributed by atoms with Crippen molar-refractivity contribution < 1.29 is 13.2 Å². The molecule has 2 aromatic carbocycles. The van der Waals surface area contributed by atoms with Gasteiger partial charge in [0.15, 0.2) is 0 Å². The molecule has 0 aliphatic heterocycles. The van der Waals surface area contributed by atoms with Gasteiger partial charge in [-0.25, -0.2) is 13.5 Å². The molecule has 0 unspecified atom stereocenters. The summed E-state index contributed by atoms with van der Waals surface area (Å²) in [4.78, 5) is 0. The quantitative estimate of drug-likeness (QED) is 0.577. The third-order valence-electron chi connectivity index (χ3n) is 4.10. The van der Waals surface area contributed by atoms with Crippen LogP contribution in [-0.2, 0) is 5.41 Å². The lowest BCUT2D eigenvalue weighted by Gasteiger charge is -2.19. The first-order valence-corrected chi connectivity index (χ1v) is 8.02. The average Bonchev–Trinajstić information content (AvgIpc) is 2.92. The number of benzene rings is 2.